The average molecular weight is 361 g/mol. The number of aryl methyl sites for hydroxylation is 1. The van der Waals surface area contributed by atoms with Crippen LogP contribution in [0.15, 0.2) is 36.7 Å². The molecule has 0 aliphatic carbocycles. The Balaban J connectivity index is 1.61. The van der Waals surface area contributed by atoms with Gasteiger partial charge in [0.05, 0.1) is 6.54 Å². The second kappa shape index (κ2) is 9.55. The van der Waals surface area contributed by atoms with Crippen molar-refractivity contribution in [3.05, 3.63) is 53.9 Å². The number of urea groups is 1. The van der Waals surface area contributed by atoms with E-state index in [1.54, 1.807) is 18.3 Å². The molecule has 3 N–H and O–H groups in total. The van der Waals surface area contributed by atoms with Crippen LogP contribution in [0.3, 0.4) is 0 Å². The van der Waals surface area contributed by atoms with Crippen molar-refractivity contribution in [3.8, 4) is 0 Å². The first kappa shape index (κ1) is 19.4. The van der Waals surface area contributed by atoms with Crippen molar-refractivity contribution in [3.63, 3.8) is 0 Å². The van der Waals surface area contributed by atoms with Crippen LogP contribution in [0.2, 0.25) is 0 Å². The fourth-order valence-electron chi connectivity index (χ4n) is 2.36. The van der Waals surface area contributed by atoms with Crippen LogP contribution in [0.5, 0.6) is 0 Å². The van der Waals surface area contributed by atoms with Crippen molar-refractivity contribution >= 4 is 11.9 Å². The van der Waals surface area contributed by atoms with E-state index in [1.165, 1.54) is 12.1 Å². The summed E-state index contributed by atoms with van der Waals surface area (Å²) in [5.41, 5.74) is 0.773. The van der Waals surface area contributed by atoms with E-state index in [0.29, 0.717) is 6.54 Å². The van der Waals surface area contributed by atoms with Crippen molar-refractivity contribution in [2.75, 3.05) is 13.1 Å². The smallest absolute Gasteiger partial charge is 0.315 e. The number of imidazole rings is 1. The topological polar surface area (TPSA) is 88.1 Å². The SMILES string of the molecule is Cc1nccn1CC(C)CNC(=O)CNC(=O)NCc1ccc(F)cc1. The molecule has 0 spiro atoms. The minimum absolute atomic E-state index is 0.105. The molecule has 1 atom stereocenters. The molecule has 0 bridgehead atoms. The van der Waals surface area contributed by atoms with Crippen LogP contribution in [0.4, 0.5) is 9.18 Å². The molecule has 0 fully saturated rings. The third-order valence-electron chi connectivity index (χ3n) is 3.86. The van der Waals surface area contributed by atoms with Gasteiger partial charge in [-0.3, -0.25) is 4.79 Å². The lowest BCUT2D eigenvalue weighted by molar-refractivity contribution is -0.120. The van der Waals surface area contributed by atoms with Crippen molar-refractivity contribution in [1.82, 2.24) is 25.5 Å². The summed E-state index contributed by atoms with van der Waals surface area (Å²) in [5.74, 6) is 0.588. The van der Waals surface area contributed by atoms with Gasteiger partial charge in [-0.1, -0.05) is 19.1 Å². The summed E-state index contributed by atoms with van der Waals surface area (Å²) in [6.45, 7) is 5.39. The van der Waals surface area contributed by atoms with Crippen molar-refractivity contribution in [1.29, 1.82) is 0 Å². The molecule has 26 heavy (non-hydrogen) atoms. The number of aromatic nitrogens is 2. The Bertz CT molecular complexity index is 729. The highest BCUT2D eigenvalue weighted by molar-refractivity contribution is 5.83. The van der Waals surface area contributed by atoms with Gasteiger partial charge in [0.15, 0.2) is 0 Å². The normalized spacial score (nSPS) is 11.7. The summed E-state index contributed by atoms with van der Waals surface area (Å²) in [4.78, 5) is 27.7. The van der Waals surface area contributed by atoms with Gasteiger partial charge in [-0.25, -0.2) is 14.2 Å². The third-order valence-corrected chi connectivity index (χ3v) is 3.86. The maximum absolute atomic E-state index is 12.8. The number of carbonyl (C=O) groups is 2. The third kappa shape index (κ3) is 6.54. The largest absolute Gasteiger partial charge is 0.354 e. The molecule has 0 saturated heterocycles. The van der Waals surface area contributed by atoms with E-state index >= 15 is 0 Å². The number of hydrogen-bond acceptors (Lipinski definition) is 3. The van der Waals surface area contributed by atoms with Crippen LogP contribution < -0.4 is 16.0 Å². The summed E-state index contributed by atoms with van der Waals surface area (Å²) in [6, 6.07) is 5.38. The molecule has 140 valence electrons. The summed E-state index contributed by atoms with van der Waals surface area (Å²) >= 11 is 0. The van der Waals surface area contributed by atoms with Gasteiger partial charge in [-0.15, -0.1) is 0 Å². The van der Waals surface area contributed by atoms with Crippen molar-refractivity contribution in [2.45, 2.75) is 26.9 Å². The highest BCUT2D eigenvalue weighted by Crippen LogP contribution is 2.03. The van der Waals surface area contributed by atoms with Gasteiger partial charge in [-0.2, -0.15) is 0 Å². The maximum Gasteiger partial charge on any atom is 0.315 e. The van der Waals surface area contributed by atoms with Crippen molar-refractivity contribution < 1.29 is 14.0 Å². The average Bonchev–Trinajstić information content (AvgIpc) is 3.02. The Morgan fingerprint density at radius 3 is 2.58 bits per heavy atom. The fraction of sp³-hybridized carbons (Fsp3) is 0.389. The number of hydrogen-bond donors (Lipinski definition) is 3. The lowest BCUT2D eigenvalue weighted by atomic mass is 10.2. The van der Waals surface area contributed by atoms with Crippen LogP contribution in [0.1, 0.15) is 18.3 Å². The summed E-state index contributed by atoms with van der Waals surface area (Å²) < 4.78 is 14.8. The summed E-state index contributed by atoms with van der Waals surface area (Å²) in [7, 11) is 0. The first-order valence-corrected chi connectivity index (χ1v) is 8.44. The second-order valence-corrected chi connectivity index (χ2v) is 6.20. The number of halogens is 1. The van der Waals surface area contributed by atoms with E-state index in [1.807, 2.05) is 24.6 Å². The van der Waals surface area contributed by atoms with Gasteiger partial charge in [0.1, 0.15) is 11.6 Å². The van der Waals surface area contributed by atoms with E-state index in [2.05, 4.69) is 20.9 Å². The first-order valence-electron chi connectivity index (χ1n) is 8.44. The Kier molecular flexibility index (Phi) is 7.13. The summed E-state index contributed by atoms with van der Waals surface area (Å²) in [6.07, 6.45) is 3.65. The van der Waals surface area contributed by atoms with E-state index in [9.17, 15) is 14.0 Å². The molecule has 1 aromatic carbocycles. The zero-order chi connectivity index (χ0) is 18.9. The molecular formula is C18H24FN5O2. The molecule has 2 rings (SSSR count). The molecule has 3 amide bonds. The second-order valence-electron chi connectivity index (χ2n) is 6.20. The molecule has 0 aliphatic rings. The minimum atomic E-state index is -0.452. The highest BCUT2D eigenvalue weighted by Gasteiger charge is 2.09. The lowest BCUT2D eigenvalue weighted by Crippen LogP contribution is -2.42. The first-order chi connectivity index (χ1) is 12.4. The lowest BCUT2D eigenvalue weighted by Gasteiger charge is -2.14. The van der Waals surface area contributed by atoms with Crippen molar-refractivity contribution in [2.24, 2.45) is 5.92 Å². The van der Waals surface area contributed by atoms with Gasteiger partial charge in [0.25, 0.3) is 0 Å². The van der Waals surface area contributed by atoms with Gasteiger partial charge in [0, 0.05) is 32.0 Å². The molecule has 2 aromatic rings. The van der Waals surface area contributed by atoms with Crippen LogP contribution in [-0.2, 0) is 17.9 Å². The Morgan fingerprint density at radius 2 is 1.92 bits per heavy atom. The number of amides is 3. The number of rotatable bonds is 8. The van der Waals surface area contributed by atoms with Crippen LogP contribution in [0.25, 0.3) is 0 Å². The maximum atomic E-state index is 12.8. The predicted molar refractivity (Wildman–Crippen MR) is 95.8 cm³/mol. The molecule has 1 heterocycles. The number of carbonyl (C=O) groups excluding carboxylic acids is 2. The van der Waals surface area contributed by atoms with Crippen LogP contribution in [0, 0.1) is 18.7 Å². The van der Waals surface area contributed by atoms with Gasteiger partial charge >= 0.3 is 6.03 Å². The van der Waals surface area contributed by atoms with Gasteiger partial charge in [0.2, 0.25) is 5.91 Å². The molecule has 0 saturated carbocycles. The van der Waals surface area contributed by atoms with E-state index in [0.717, 1.165) is 17.9 Å². The van der Waals surface area contributed by atoms with E-state index < -0.39 is 6.03 Å². The molecule has 0 aliphatic heterocycles. The van der Waals surface area contributed by atoms with E-state index in [-0.39, 0.29) is 30.7 Å². The molecule has 1 unspecified atom stereocenters. The molecule has 7 nitrogen and oxygen atoms in total. The number of nitrogens with zero attached hydrogens (tertiary/aromatic N) is 2. The zero-order valence-electron chi connectivity index (χ0n) is 15.0. The van der Waals surface area contributed by atoms with Crippen LogP contribution in [-0.4, -0.2) is 34.6 Å². The van der Waals surface area contributed by atoms with Gasteiger partial charge < -0.3 is 20.5 Å². The monoisotopic (exact) mass is 361 g/mol. The number of nitrogens with one attached hydrogen (secondary N) is 3. The predicted octanol–water partition coefficient (Wildman–Crippen LogP) is 1.58. The highest BCUT2D eigenvalue weighted by atomic mass is 19.1. The number of benzene rings is 1. The Morgan fingerprint density at radius 1 is 1.19 bits per heavy atom. The van der Waals surface area contributed by atoms with Gasteiger partial charge in [-0.05, 0) is 30.5 Å². The molecular weight excluding hydrogens is 337 g/mol. The van der Waals surface area contributed by atoms with E-state index in [4.69, 9.17) is 0 Å². The molecule has 0 radical (unpaired) electrons. The fourth-order valence-corrected chi connectivity index (χ4v) is 2.36. The molecule has 8 heteroatoms. The summed E-state index contributed by atoms with van der Waals surface area (Å²) in [5, 5.41) is 7.90. The quantitative estimate of drug-likeness (QED) is 0.667. The minimum Gasteiger partial charge on any atom is -0.354 e. The Labute approximate surface area is 152 Å². The Hall–Kier alpha value is -2.90. The zero-order valence-corrected chi connectivity index (χ0v) is 15.0. The molecule has 1 aromatic heterocycles. The van der Waals surface area contributed by atoms with Crippen LogP contribution >= 0.6 is 0 Å². The standard InChI is InChI=1S/C18H24FN5O2/c1-13(12-24-8-7-20-14(24)2)9-21-17(25)11-23-18(26)22-10-15-3-5-16(19)6-4-15/h3-8,13H,9-12H2,1-2H3,(H,21,25)(H2,22,23,26).